The number of phenols is 3. The summed E-state index contributed by atoms with van der Waals surface area (Å²) in [5.41, 5.74) is -0.233. The average Bonchev–Trinajstić information content (AvgIpc) is 3.87. The number of hydrogen-bond donors (Lipinski definition) is 7. The molecule has 2 aromatic rings. The van der Waals surface area contributed by atoms with Crippen molar-refractivity contribution in [1.82, 2.24) is 9.91 Å². The number of hydrogen-bond acceptors (Lipinski definition) is 14. The van der Waals surface area contributed by atoms with Crippen molar-refractivity contribution in [3.8, 4) is 23.0 Å². The molecule has 9 atom stereocenters. The number of methoxy groups -OCH3 is 1. The van der Waals surface area contributed by atoms with Crippen LogP contribution in [0.1, 0.15) is 88.7 Å². The Labute approximate surface area is 351 Å². The number of amides is 1. The Morgan fingerprint density at radius 1 is 0.867 bits per heavy atom. The van der Waals surface area contributed by atoms with E-state index in [9.17, 15) is 40.2 Å². The molecule has 1 aliphatic carbocycles. The number of piperazine rings is 1. The Hall–Kier alpha value is -4.67. The van der Waals surface area contributed by atoms with Crippen LogP contribution in [0.5, 0.6) is 23.0 Å². The summed E-state index contributed by atoms with van der Waals surface area (Å²) in [6.07, 6.45) is 9.71. The maximum Gasteiger partial charge on any atom is 0.312 e. The van der Waals surface area contributed by atoms with Gasteiger partial charge in [0, 0.05) is 86.4 Å². The van der Waals surface area contributed by atoms with Crippen LogP contribution in [0.15, 0.2) is 41.2 Å². The van der Waals surface area contributed by atoms with Crippen molar-refractivity contribution in [1.29, 1.82) is 0 Å². The second-order valence-electron chi connectivity index (χ2n) is 17.2. The number of ether oxygens (including phenoxy) is 3. The summed E-state index contributed by atoms with van der Waals surface area (Å²) < 4.78 is 17.8. The van der Waals surface area contributed by atoms with E-state index < -0.39 is 82.8 Å². The number of nitrogens with one attached hydrogen (secondary N) is 1. The first-order chi connectivity index (χ1) is 28.4. The number of carbonyl (C=O) groups excluding carboxylic acids is 2. The normalized spacial score (nSPS) is 32.1. The largest absolute Gasteiger partial charge is 0.507 e. The number of aromatic hydroxyl groups is 3. The van der Waals surface area contributed by atoms with E-state index >= 15 is 0 Å². The van der Waals surface area contributed by atoms with E-state index in [4.69, 9.17) is 14.2 Å². The second-order valence-corrected chi connectivity index (χ2v) is 17.2. The monoisotopic (exact) mass is 834 g/mol. The number of phenolic OH excluding ortho intramolecular Hbond substituents is 3. The first-order valence-corrected chi connectivity index (χ1v) is 21.0. The van der Waals surface area contributed by atoms with Gasteiger partial charge in [-0.15, -0.1) is 0 Å². The van der Waals surface area contributed by atoms with Crippen molar-refractivity contribution in [3.05, 3.63) is 52.8 Å². The van der Waals surface area contributed by atoms with E-state index in [2.05, 4.69) is 15.3 Å². The zero-order chi connectivity index (χ0) is 43.8. The van der Waals surface area contributed by atoms with Gasteiger partial charge in [0.15, 0.2) is 5.75 Å². The number of ketones is 1. The van der Waals surface area contributed by atoms with Gasteiger partial charge in [0.2, 0.25) is 0 Å². The maximum atomic E-state index is 14.4. The molecule has 0 spiro atoms. The Kier molecular flexibility index (Phi) is 13.6. The molecule has 1 saturated carbocycles. The Balaban J connectivity index is 1.46. The summed E-state index contributed by atoms with van der Waals surface area (Å²) in [7, 11) is 1.45. The highest BCUT2D eigenvalue weighted by Gasteiger charge is 2.50. The Morgan fingerprint density at radius 2 is 1.50 bits per heavy atom. The highest BCUT2D eigenvalue weighted by molar-refractivity contribution is 6.23. The third-order valence-corrected chi connectivity index (χ3v) is 13.3. The predicted octanol–water partition coefficient (Wildman–Crippen LogP) is 5.08. The fraction of sp³-hybridized carbons (Fsp3) is 0.578. The highest BCUT2D eigenvalue weighted by Crippen LogP contribution is 2.55. The third kappa shape index (κ3) is 8.47. The van der Waals surface area contributed by atoms with Crippen molar-refractivity contribution < 1.29 is 54.4 Å². The summed E-state index contributed by atoms with van der Waals surface area (Å²) in [5, 5.41) is 78.4. The van der Waals surface area contributed by atoms with Crippen LogP contribution in [-0.2, 0) is 14.3 Å². The molecule has 328 valence electrons. The molecular formula is C45H62N4O11. The quantitative estimate of drug-likeness (QED) is 0.122. The lowest BCUT2D eigenvalue weighted by Crippen LogP contribution is -2.47. The number of anilines is 1. The second kappa shape index (κ2) is 18.1. The van der Waals surface area contributed by atoms with Crippen LogP contribution in [0.25, 0.3) is 10.8 Å². The van der Waals surface area contributed by atoms with Gasteiger partial charge in [-0.1, -0.05) is 58.8 Å². The molecule has 2 fully saturated rings. The number of allylic oxidation sites excluding steroid dienone is 2. The number of aliphatic hydroxyl groups excluding tert-OH is 3. The molecule has 15 nitrogen and oxygen atoms in total. The number of rotatable bonds is 4. The van der Waals surface area contributed by atoms with Gasteiger partial charge >= 0.3 is 5.79 Å². The van der Waals surface area contributed by atoms with E-state index in [1.807, 2.05) is 5.01 Å². The van der Waals surface area contributed by atoms with Crippen molar-refractivity contribution in [2.75, 3.05) is 38.6 Å². The van der Waals surface area contributed by atoms with Crippen LogP contribution in [0.3, 0.4) is 0 Å². The number of hydrazone groups is 1. The standard InChI is InChI=1S/C45H62N4O11/c1-23-12-11-13-24(2)44(57)47-35-30(22-46-49-19-17-48(18-20-49)29-14-9-10-15-29)40(54)32-33(41(35)55)39(53)28(6)42-34(32)43(56)45(7,60-42)59-21-16-31(58-8)25(3)37(51)27(5)38(52)26(4)36(23)50/h11-13,16,21-23,25-27,29,31,36-38,50-55H,9-10,14-15,17-20H2,1-8H3,(H,47,57)/b12-11?,21-16+,24-13?,46-22?/t23-,25+,26+,27-,31-,36-,37+,38+,45-/m0/s1. The lowest BCUT2D eigenvalue weighted by Gasteiger charge is -2.36. The molecular weight excluding hydrogens is 773 g/mol. The summed E-state index contributed by atoms with van der Waals surface area (Å²) in [6, 6.07) is 0.561. The third-order valence-electron chi connectivity index (χ3n) is 13.3. The minimum Gasteiger partial charge on any atom is -0.507 e. The predicted molar refractivity (Wildman–Crippen MR) is 227 cm³/mol. The van der Waals surface area contributed by atoms with Crippen LogP contribution < -0.4 is 10.1 Å². The van der Waals surface area contributed by atoms with Gasteiger partial charge in [-0.3, -0.25) is 19.5 Å². The van der Waals surface area contributed by atoms with Crippen molar-refractivity contribution in [2.45, 2.75) is 110 Å². The Bertz CT molecular complexity index is 2070. The molecule has 1 amide bonds. The molecule has 7 N–H and O–H groups in total. The first-order valence-electron chi connectivity index (χ1n) is 21.0. The van der Waals surface area contributed by atoms with E-state index in [0.717, 1.165) is 13.1 Å². The van der Waals surface area contributed by atoms with Crippen molar-refractivity contribution >= 4 is 34.4 Å². The van der Waals surface area contributed by atoms with E-state index in [1.165, 1.54) is 71.3 Å². The first kappa shape index (κ1) is 44.9. The summed E-state index contributed by atoms with van der Waals surface area (Å²) in [6.45, 7) is 14.1. The summed E-state index contributed by atoms with van der Waals surface area (Å²) in [5.74, 6) is -7.52. The van der Waals surface area contributed by atoms with Crippen LogP contribution in [0, 0.1) is 30.6 Å². The molecule has 5 aliphatic rings. The van der Waals surface area contributed by atoms with E-state index in [0.29, 0.717) is 19.1 Å². The summed E-state index contributed by atoms with van der Waals surface area (Å²) >= 11 is 0. The molecule has 4 heterocycles. The smallest absolute Gasteiger partial charge is 0.312 e. The molecule has 60 heavy (non-hydrogen) atoms. The van der Waals surface area contributed by atoms with Gasteiger partial charge in [0.05, 0.1) is 59.1 Å². The average molecular weight is 835 g/mol. The number of nitrogens with zero attached hydrogens (tertiary/aromatic N) is 3. The zero-order valence-electron chi connectivity index (χ0n) is 35.9. The molecule has 15 heteroatoms. The minimum absolute atomic E-state index is 0.0742. The number of fused-ring (bicyclic) bond motifs is 14. The Morgan fingerprint density at radius 3 is 2.15 bits per heavy atom. The van der Waals surface area contributed by atoms with Gasteiger partial charge < -0.3 is 50.2 Å². The molecule has 0 unspecified atom stereocenters. The lowest BCUT2D eigenvalue weighted by atomic mass is 9.78. The van der Waals surface area contributed by atoms with Crippen LogP contribution >= 0.6 is 0 Å². The topological polar surface area (TPSA) is 214 Å². The molecule has 5 bridgehead atoms. The van der Waals surface area contributed by atoms with Crippen LogP contribution in [-0.4, -0.2) is 128 Å². The number of benzene rings is 2. The van der Waals surface area contributed by atoms with Gasteiger partial charge in [-0.25, -0.2) is 0 Å². The number of Topliss-reactive ketones (excluding diaryl/α,β-unsaturated/α-hetero) is 1. The van der Waals surface area contributed by atoms with Gasteiger partial charge in [0.1, 0.15) is 17.2 Å². The lowest BCUT2D eigenvalue weighted by molar-refractivity contribution is -0.112. The maximum absolute atomic E-state index is 14.4. The van der Waals surface area contributed by atoms with Gasteiger partial charge in [-0.05, 0) is 32.8 Å². The molecule has 2 aromatic carbocycles. The fourth-order valence-electron chi connectivity index (χ4n) is 9.08. The molecule has 1 saturated heterocycles. The van der Waals surface area contributed by atoms with E-state index in [1.54, 1.807) is 46.8 Å². The zero-order valence-corrected chi connectivity index (χ0v) is 35.9. The van der Waals surface area contributed by atoms with E-state index in [-0.39, 0.29) is 44.5 Å². The number of carbonyl (C=O) groups is 2. The van der Waals surface area contributed by atoms with Crippen molar-refractivity contribution in [2.24, 2.45) is 28.8 Å². The van der Waals surface area contributed by atoms with Gasteiger partial charge in [0.25, 0.3) is 11.7 Å². The summed E-state index contributed by atoms with van der Waals surface area (Å²) in [4.78, 5) is 30.7. The highest BCUT2D eigenvalue weighted by atomic mass is 16.7. The molecule has 0 aromatic heterocycles. The SMILES string of the molecule is CO[C@H]1/C=C/O[C@@]2(C)Oc3c(C)c(O)c4c(O)c(c(C=NN5CCN(C6CCCC6)CC5)c(O)c4c3C2=O)NC(=O)C(C)=CC=C[C@H](C)[C@H](O)[C@@H](C)[C@@H](O)[C@@H](C)[C@H](O)[C@@H]1C. The minimum atomic E-state index is -2.01. The molecule has 0 radical (unpaired) electrons. The molecule has 7 rings (SSSR count). The van der Waals surface area contributed by atoms with Crippen LogP contribution in [0.4, 0.5) is 5.69 Å². The van der Waals surface area contributed by atoms with Gasteiger partial charge in [-0.2, -0.15) is 5.10 Å². The van der Waals surface area contributed by atoms with Crippen molar-refractivity contribution in [3.63, 3.8) is 0 Å². The number of aliphatic hydroxyl groups is 3. The molecule has 4 aliphatic heterocycles. The van der Waals surface area contributed by atoms with Crippen LogP contribution in [0.2, 0.25) is 0 Å². The fourth-order valence-corrected chi connectivity index (χ4v) is 9.08.